The monoisotopic (exact) mass is 232 g/mol. The number of halogens is 3. The third-order valence-electron chi connectivity index (χ3n) is 1.68. The van der Waals surface area contributed by atoms with Gasteiger partial charge in [0.2, 0.25) is 0 Å². The largest absolute Gasteiger partial charge is 0.478 e. The summed E-state index contributed by atoms with van der Waals surface area (Å²) in [6.45, 7) is 0. The van der Waals surface area contributed by atoms with Crippen LogP contribution in [-0.2, 0) is 11.0 Å². The summed E-state index contributed by atoms with van der Waals surface area (Å²) in [5, 5.41) is 8.32. The minimum atomic E-state index is -4.54. The molecule has 1 aromatic heterocycles. The molecule has 0 unspecified atom stereocenters. The van der Waals surface area contributed by atoms with Crippen molar-refractivity contribution < 1.29 is 23.1 Å². The van der Waals surface area contributed by atoms with Crippen LogP contribution in [0.4, 0.5) is 19.0 Å². The summed E-state index contributed by atoms with van der Waals surface area (Å²) in [5.41, 5.74) is 4.23. The van der Waals surface area contributed by atoms with Crippen molar-refractivity contribution in [3.8, 4) is 0 Å². The summed E-state index contributed by atoms with van der Waals surface area (Å²) in [6, 6.07) is 0.738. The lowest BCUT2D eigenvalue weighted by atomic mass is 10.1. The smallest absolute Gasteiger partial charge is 0.417 e. The predicted molar refractivity (Wildman–Crippen MR) is 50.3 cm³/mol. The molecule has 0 radical (unpaired) electrons. The fourth-order valence-corrected chi connectivity index (χ4v) is 0.942. The van der Waals surface area contributed by atoms with Crippen LogP contribution < -0.4 is 5.73 Å². The Morgan fingerprint density at radius 1 is 1.50 bits per heavy atom. The second kappa shape index (κ2) is 4.21. The molecule has 0 amide bonds. The van der Waals surface area contributed by atoms with Crippen molar-refractivity contribution in [1.29, 1.82) is 0 Å². The number of anilines is 1. The van der Waals surface area contributed by atoms with Gasteiger partial charge in [0, 0.05) is 17.8 Å². The average molecular weight is 232 g/mol. The number of aliphatic carboxylic acids is 1. The first kappa shape index (κ1) is 12.0. The Morgan fingerprint density at radius 3 is 2.62 bits per heavy atom. The maximum Gasteiger partial charge on any atom is 0.417 e. The van der Waals surface area contributed by atoms with E-state index in [9.17, 15) is 18.0 Å². The Morgan fingerprint density at radius 2 is 2.12 bits per heavy atom. The Hall–Kier alpha value is -2.05. The second-order valence-corrected chi connectivity index (χ2v) is 2.87. The first-order valence-corrected chi connectivity index (χ1v) is 4.04. The van der Waals surface area contributed by atoms with Gasteiger partial charge in [-0.2, -0.15) is 13.2 Å². The number of carboxylic acid groups (broad SMARTS) is 1. The maximum absolute atomic E-state index is 12.3. The van der Waals surface area contributed by atoms with Crippen molar-refractivity contribution in [2.45, 2.75) is 6.18 Å². The van der Waals surface area contributed by atoms with Gasteiger partial charge < -0.3 is 10.8 Å². The summed E-state index contributed by atoms with van der Waals surface area (Å²) >= 11 is 0. The van der Waals surface area contributed by atoms with E-state index in [-0.39, 0.29) is 11.4 Å². The summed E-state index contributed by atoms with van der Waals surface area (Å²) < 4.78 is 36.8. The summed E-state index contributed by atoms with van der Waals surface area (Å²) in [6.07, 6.45) is -2.30. The Balaban J connectivity index is 3.14. The lowest BCUT2D eigenvalue weighted by molar-refractivity contribution is -0.137. The molecule has 0 spiro atoms. The summed E-state index contributed by atoms with van der Waals surface area (Å²) in [5.74, 6) is -1.44. The minimum absolute atomic E-state index is 0.0859. The first-order valence-electron chi connectivity index (χ1n) is 4.04. The fraction of sp³-hybridized carbons (Fsp3) is 0.111. The number of alkyl halides is 3. The minimum Gasteiger partial charge on any atom is -0.478 e. The third-order valence-corrected chi connectivity index (χ3v) is 1.68. The molecule has 3 N–H and O–H groups in total. The second-order valence-electron chi connectivity index (χ2n) is 2.87. The van der Waals surface area contributed by atoms with Crippen LogP contribution in [0.1, 0.15) is 11.1 Å². The normalized spacial score (nSPS) is 11.9. The Kier molecular flexibility index (Phi) is 3.17. The van der Waals surface area contributed by atoms with E-state index in [1.807, 2.05) is 0 Å². The van der Waals surface area contributed by atoms with E-state index < -0.39 is 17.7 Å². The molecule has 0 aliphatic carbocycles. The van der Waals surface area contributed by atoms with Crippen molar-refractivity contribution in [2.75, 3.05) is 5.73 Å². The molecule has 86 valence electrons. The van der Waals surface area contributed by atoms with E-state index in [1.54, 1.807) is 0 Å². The molecule has 0 fully saturated rings. The molecule has 0 aliphatic rings. The molecular weight excluding hydrogens is 225 g/mol. The van der Waals surface area contributed by atoms with E-state index in [0.717, 1.165) is 12.1 Å². The van der Waals surface area contributed by atoms with Gasteiger partial charge in [-0.05, 0) is 12.1 Å². The fourth-order valence-electron chi connectivity index (χ4n) is 0.942. The van der Waals surface area contributed by atoms with E-state index >= 15 is 0 Å². The highest BCUT2D eigenvalue weighted by atomic mass is 19.4. The van der Waals surface area contributed by atoms with Gasteiger partial charge in [0.25, 0.3) is 0 Å². The van der Waals surface area contributed by atoms with Gasteiger partial charge >= 0.3 is 12.1 Å². The summed E-state index contributed by atoms with van der Waals surface area (Å²) in [7, 11) is 0. The number of hydrogen-bond acceptors (Lipinski definition) is 3. The van der Waals surface area contributed by atoms with Crippen molar-refractivity contribution in [2.24, 2.45) is 0 Å². The van der Waals surface area contributed by atoms with Gasteiger partial charge in [-0.3, -0.25) is 0 Å². The quantitative estimate of drug-likeness (QED) is 0.762. The molecule has 7 heteroatoms. The van der Waals surface area contributed by atoms with Gasteiger partial charge in [-0.1, -0.05) is 0 Å². The number of pyridine rings is 1. The Bertz CT molecular complexity index is 441. The number of rotatable bonds is 2. The van der Waals surface area contributed by atoms with Crippen LogP contribution in [0.25, 0.3) is 6.08 Å². The average Bonchev–Trinajstić information content (AvgIpc) is 2.14. The SMILES string of the molecule is Nc1ncc(C(F)(F)F)cc1C=CC(=O)O. The standard InChI is InChI=1S/C9H7F3N2O2/c10-9(11,12)6-3-5(1-2-7(15)16)8(13)14-4-6/h1-4H,(H2,13,14)(H,15,16). The predicted octanol–water partition coefficient (Wildman–Crippen LogP) is 1.78. The van der Waals surface area contributed by atoms with Crippen LogP contribution in [-0.4, -0.2) is 16.1 Å². The zero-order valence-corrected chi connectivity index (χ0v) is 7.82. The highest BCUT2D eigenvalue weighted by molar-refractivity contribution is 5.86. The van der Waals surface area contributed by atoms with Crippen LogP contribution in [0.5, 0.6) is 0 Å². The van der Waals surface area contributed by atoms with Crippen LogP contribution >= 0.6 is 0 Å². The van der Waals surface area contributed by atoms with Crippen LogP contribution in [0.15, 0.2) is 18.3 Å². The Labute approximate surface area is 88.2 Å². The molecule has 4 nitrogen and oxygen atoms in total. The van der Waals surface area contributed by atoms with Gasteiger partial charge in [0.1, 0.15) is 5.82 Å². The van der Waals surface area contributed by atoms with Crippen molar-refractivity contribution in [1.82, 2.24) is 4.98 Å². The molecule has 0 atom stereocenters. The van der Waals surface area contributed by atoms with Gasteiger partial charge in [0.05, 0.1) is 5.56 Å². The molecule has 0 bridgehead atoms. The molecule has 0 aliphatic heterocycles. The van der Waals surface area contributed by atoms with Gasteiger partial charge in [0.15, 0.2) is 0 Å². The number of hydrogen-bond donors (Lipinski definition) is 2. The molecular formula is C9H7F3N2O2. The summed E-state index contributed by atoms with van der Waals surface area (Å²) in [4.78, 5) is 13.5. The molecule has 1 heterocycles. The van der Waals surface area contributed by atoms with Crippen molar-refractivity contribution in [3.05, 3.63) is 29.5 Å². The van der Waals surface area contributed by atoms with Crippen molar-refractivity contribution >= 4 is 17.9 Å². The molecule has 0 aromatic carbocycles. The van der Waals surface area contributed by atoms with Crippen LogP contribution in [0.3, 0.4) is 0 Å². The van der Waals surface area contributed by atoms with E-state index in [2.05, 4.69) is 4.98 Å². The molecule has 0 saturated carbocycles. The van der Waals surface area contributed by atoms with Crippen molar-refractivity contribution in [3.63, 3.8) is 0 Å². The van der Waals surface area contributed by atoms with E-state index in [4.69, 9.17) is 10.8 Å². The number of carboxylic acids is 1. The number of nitrogen functional groups attached to an aromatic ring is 1. The number of nitrogens with zero attached hydrogens (tertiary/aromatic N) is 1. The number of nitrogens with two attached hydrogens (primary N) is 1. The lowest BCUT2D eigenvalue weighted by Crippen LogP contribution is -2.07. The van der Waals surface area contributed by atoms with Gasteiger partial charge in [-0.15, -0.1) is 0 Å². The number of aromatic nitrogens is 1. The molecule has 0 saturated heterocycles. The molecule has 1 aromatic rings. The molecule has 16 heavy (non-hydrogen) atoms. The first-order chi connectivity index (χ1) is 7.30. The maximum atomic E-state index is 12.3. The van der Waals surface area contributed by atoms with Gasteiger partial charge in [-0.25, -0.2) is 9.78 Å². The highest BCUT2D eigenvalue weighted by Gasteiger charge is 2.31. The van der Waals surface area contributed by atoms with E-state index in [0.29, 0.717) is 12.3 Å². The van der Waals surface area contributed by atoms with Crippen LogP contribution in [0.2, 0.25) is 0 Å². The highest BCUT2D eigenvalue weighted by Crippen LogP contribution is 2.30. The third kappa shape index (κ3) is 2.97. The molecule has 1 rings (SSSR count). The zero-order valence-electron chi connectivity index (χ0n) is 7.82. The lowest BCUT2D eigenvalue weighted by Gasteiger charge is -2.07. The zero-order chi connectivity index (χ0) is 12.3. The topological polar surface area (TPSA) is 76.2 Å². The number of carbonyl (C=O) groups is 1. The van der Waals surface area contributed by atoms with E-state index in [1.165, 1.54) is 0 Å². The van der Waals surface area contributed by atoms with Crippen LogP contribution in [0, 0.1) is 0 Å².